The highest BCUT2D eigenvalue weighted by atomic mass is 16.5. The number of hydrogen-bond acceptors (Lipinski definition) is 8. The van der Waals surface area contributed by atoms with Gasteiger partial charge in [0.15, 0.2) is 17.1 Å². The van der Waals surface area contributed by atoms with Crippen LogP contribution in [0, 0.1) is 6.92 Å². The molecular weight excluding hydrogens is 406 g/mol. The van der Waals surface area contributed by atoms with E-state index >= 15 is 0 Å². The van der Waals surface area contributed by atoms with Gasteiger partial charge in [0.1, 0.15) is 0 Å². The fraction of sp³-hybridized carbons (Fsp3) is 0.409. The highest BCUT2D eigenvalue weighted by Crippen LogP contribution is 2.23. The lowest BCUT2D eigenvalue weighted by Gasteiger charge is -2.28. The van der Waals surface area contributed by atoms with Gasteiger partial charge in [-0.25, -0.2) is 9.67 Å². The normalized spacial score (nSPS) is 14.9. The number of aromatic nitrogens is 7. The summed E-state index contributed by atoms with van der Waals surface area (Å²) >= 11 is 0. The first kappa shape index (κ1) is 20.4. The van der Waals surface area contributed by atoms with Crippen LogP contribution in [-0.2, 0) is 24.2 Å². The van der Waals surface area contributed by atoms with Crippen molar-refractivity contribution in [1.82, 2.24) is 39.2 Å². The number of pyridine rings is 1. The van der Waals surface area contributed by atoms with Crippen molar-refractivity contribution in [3.63, 3.8) is 0 Å². The second kappa shape index (κ2) is 8.19. The van der Waals surface area contributed by atoms with E-state index in [2.05, 4.69) is 42.2 Å². The summed E-state index contributed by atoms with van der Waals surface area (Å²) in [4.78, 5) is 16.3. The Morgan fingerprint density at radius 1 is 1.19 bits per heavy atom. The molecule has 2 N–H and O–H groups in total. The number of hydrogen-bond donors (Lipinski definition) is 1. The molecule has 5 heterocycles. The third-order valence-corrected chi connectivity index (χ3v) is 5.82. The number of rotatable bonds is 6. The maximum atomic E-state index is 6.21. The second-order valence-corrected chi connectivity index (χ2v) is 8.01. The summed E-state index contributed by atoms with van der Waals surface area (Å²) in [5, 5.41) is 9.87. The maximum absolute atomic E-state index is 6.21. The van der Waals surface area contributed by atoms with Gasteiger partial charge >= 0.3 is 0 Å². The number of nitrogen functional groups attached to an aromatic ring is 1. The van der Waals surface area contributed by atoms with E-state index in [1.165, 1.54) is 11.3 Å². The fourth-order valence-corrected chi connectivity index (χ4v) is 4.19. The van der Waals surface area contributed by atoms with E-state index in [0.717, 1.165) is 43.6 Å². The van der Waals surface area contributed by atoms with Crippen LogP contribution >= 0.6 is 0 Å². The molecule has 1 aliphatic heterocycles. The van der Waals surface area contributed by atoms with Gasteiger partial charge in [-0.05, 0) is 31.1 Å². The van der Waals surface area contributed by atoms with Gasteiger partial charge in [-0.15, -0.1) is 5.10 Å². The zero-order valence-electron chi connectivity index (χ0n) is 18.6. The van der Waals surface area contributed by atoms with E-state index in [4.69, 9.17) is 10.5 Å². The first-order chi connectivity index (χ1) is 15.6. The van der Waals surface area contributed by atoms with Crippen LogP contribution < -0.4 is 5.73 Å². The molecule has 0 radical (unpaired) electrons. The summed E-state index contributed by atoms with van der Waals surface area (Å²) < 4.78 is 8.87. The van der Waals surface area contributed by atoms with Crippen LogP contribution in [0.1, 0.15) is 36.1 Å². The average molecular weight is 434 g/mol. The minimum Gasteiger partial charge on any atom is -0.493 e. The van der Waals surface area contributed by atoms with Gasteiger partial charge in [-0.3, -0.25) is 9.88 Å². The molecule has 0 bridgehead atoms. The molecule has 10 nitrogen and oxygen atoms in total. The van der Waals surface area contributed by atoms with Gasteiger partial charge in [0.25, 0.3) is 0 Å². The van der Waals surface area contributed by atoms with Crippen LogP contribution in [0.15, 0.2) is 24.4 Å². The van der Waals surface area contributed by atoms with Crippen molar-refractivity contribution in [2.75, 3.05) is 25.9 Å². The lowest BCUT2D eigenvalue weighted by Crippen LogP contribution is -2.33. The zero-order valence-corrected chi connectivity index (χ0v) is 18.6. The molecule has 0 atom stereocenters. The maximum Gasteiger partial charge on any atom is 0.225 e. The Morgan fingerprint density at radius 3 is 2.88 bits per heavy atom. The number of ether oxygens (including phenoxy) is 1. The molecule has 0 saturated heterocycles. The largest absolute Gasteiger partial charge is 0.493 e. The molecule has 0 saturated carbocycles. The molecule has 4 aromatic heterocycles. The van der Waals surface area contributed by atoms with Gasteiger partial charge < -0.3 is 10.5 Å². The first-order valence-electron chi connectivity index (χ1n) is 10.9. The molecule has 0 unspecified atom stereocenters. The van der Waals surface area contributed by atoms with E-state index in [1.54, 1.807) is 17.8 Å². The van der Waals surface area contributed by atoms with Gasteiger partial charge in [-0.2, -0.15) is 14.6 Å². The molecule has 0 spiro atoms. The number of aryl methyl sites for hydroxylation is 1. The minimum atomic E-state index is 0.272. The predicted molar refractivity (Wildman–Crippen MR) is 122 cm³/mol. The van der Waals surface area contributed by atoms with Crippen molar-refractivity contribution in [1.29, 1.82) is 0 Å². The molecule has 0 aromatic carbocycles. The van der Waals surface area contributed by atoms with Gasteiger partial charge in [-0.1, -0.05) is 13.0 Å². The summed E-state index contributed by atoms with van der Waals surface area (Å²) in [7, 11) is 1.61. The zero-order chi connectivity index (χ0) is 22.2. The lowest BCUT2D eigenvalue weighted by atomic mass is 10.1. The Bertz CT molecular complexity index is 1320. The van der Waals surface area contributed by atoms with Crippen molar-refractivity contribution in [2.45, 2.75) is 39.8 Å². The van der Waals surface area contributed by atoms with Gasteiger partial charge in [0.05, 0.1) is 25.2 Å². The Kier molecular flexibility index (Phi) is 5.22. The molecule has 0 amide bonds. The van der Waals surface area contributed by atoms with Crippen LogP contribution in [0.3, 0.4) is 0 Å². The van der Waals surface area contributed by atoms with Crippen molar-refractivity contribution in [3.05, 3.63) is 47.2 Å². The second-order valence-electron chi connectivity index (χ2n) is 8.01. The van der Waals surface area contributed by atoms with Crippen molar-refractivity contribution in [3.8, 4) is 0 Å². The van der Waals surface area contributed by atoms with E-state index in [-0.39, 0.29) is 5.95 Å². The molecule has 0 fully saturated rings. The summed E-state index contributed by atoms with van der Waals surface area (Å²) in [6.45, 7) is 7.53. The van der Waals surface area contributed by atoms with E-state index in [0.29, 0.717) is 29.4 Å². The van der Waals surface area contributed by atoms with E-state index in [9.17, 15) is 0 Å². The predicted octanol–water partition coefficient (Wildman–Crippen LogP) is 2.22. The summed E-state index contributed by atoms with van der Waals surface area (Å²) in [6, 6.07) is 4.27. The average Bonchev–Trinajstić information content (AvgIpc) is 3.41. The molecule has 4 aromatic rings. The van der Waals surface area contributed by atoms with Crippen LogP contribution in [0.4, 0.5) is 5.95 Å². The van der Waals surface area contributed by atoms with Crippen LogP contribution in [0.25, 0.3) is 22.4 Å². The van der Waals surface area contributed by atoms with Crippen LogP contribution in [0.5, 0.6) is 0 Å². The number of anilines is 1. The summed E-state index contributed by atoms with van der Waals surface area (Å²) in [5.74, 6) is 1.37. The number of nitrogens with zero attached hydrogens (tertiary/aromatic N) is 8. The summed E-state index contributed by atoms with van der Waals surface area (Å²) in [6.07, 6.45) is 5.51. The molecule has 10 heteroatoms. The van der Waals surface area contributed by atoms with Gasteiger partial charge in [0.2, 0.25) is 11.8 Å². The number of methoxy groups -OCH3 is 1. The van der Waals surface area contributed by atoms with Crippen LogP contribution in [-0.4, -0.2) is 59.4 Å². The molecule has 32 heavy (non-hydrogen) atoms. The standard InChI is InChI=1S/C22H27N9O/c1-4-5-18(32-3)19-26-21-16-12-24-30(20(16)27-22(23)31(21)28-19)11-10-29-9-8-17-15(13-29)7-6-14(2)25-17/h5-7,12H,4,8-11,13H2,1-3H3,(H2,23,27)/b18-5-. The number of fused-ring (bicyclic) bond motifs is 4. The summed E-state index contributed by atoms with van der Waals surface area (Å²) in [5.41, 5.74) is 11.2. The van der Waals surface area contributed by atoms with E-state index < -0.39 is 0 Å². The van der Waals surface area contributed by atoms with Crippen molar-refractivity contribution >= 4 is 28.4 Å². The monoisotopic (exact) mass is 433 g/mol. The van der Waals surface area contributed by atoms with Gasteiger partial charge in [0, 0.05) is 37.4 Å². The fourth-order valence-electron chi connectivity index (χ4n) is 4.19. The quantitative estimate of drug-likeness (QED) is 0.461. The minimum absolute atomic E-state index is 0.272. The smallest absolute Gasteiger partial charge is 0.225 e. The molecule has 166 valence electrons. The first-order valence-corrected chi connectivity index (χ1v) is 10.9. The molecule has 1 aliphatic rings. The molecular formula is C22H27N9O. The Balaban J connectivity index is 1.40. The topological polar surface area (TPSA) is 112 Å². The third kappa shape index (κ3) is 3.56. The van der Waals surface area contributed by atoms with Crippen molar-refractivity contribution in [2.24, 2.45) is 0 Å². The lowest BCUT2D eigenvalue weighted by molar-refractivity contribution is 0.239. The Labute approximate surface area is 185 Å². The SMILES string of the molecule is CC/C=C(\OC)c1nc2c3cnn(CCN4CCc5nc(C)ccc5C4)c3nc(N)n2n1. The molecule has 0 aliphatic carbocycles. The van der Waals surface area contributed by atoms with Crippen molar-refractivity contribution < 1.29 is 4.74 Å². The highest BCUT2D eigenvalue weighted by Gasteiger charge is 2.20. The number of nitrogens with two attached hydrogens (primary N) is 1. The highest BCUT2D eigenvalue weighted by molar-refractivity contribution is 5.90. The molecule has 5 rings (SSSR count). The third-order valence-electron chi connectivity index (χ3n) is 5.82. The number of allylic oxidation sites excluding steroid dienone is 1. The Morgan fingerprint density at radius 2 is 2.06 bits per heavy atom. The Hall–Kier alpha value is -3.53. The van der Waals surface area contributed by atoms with E-state index in [1.807, 2.05) is 24.6 Å². The van der Waals surface area contributed by atoms with Crippen LogP contribution in [0.2, 0.25) is 0 Å².